The van der Waals surface area contributed by atoms with E-state index in [1.165, 1.54) is 0 Å². The van der Waals surface area contributed by atoms with Crippen LogP contribution in [0.5, 0.6) is 0 Å². The lowest BCUT2D eigenvalue weighted by Gasteiger charge is -2.31. The summed E-state index contributed by atoms with van der Waals surface area (Å²) in [5, 5.41) is 11.2. The molecule has 1 atom stereocenters. The van der Waals surface area contributed by atoms with Crippen molar-refractivity contribution in [3.05, 3.63) is 0 Å². The minimum Gasteiger partial charge on any atom is -0.480 e. The lowest BCUT2D eigenvalue weighted by Crippen LogP contribution is -2.52. The first-order valence-electron chi connectivity index (χ1n) is 3.68. The SMILES string of the molecule is O=C(O)C1CN(P(=O)(O)O)CCN1. The molecule has 1 unspecified atom stereocenters. The zero-order valence-corrected chi connectivity index (χ0v) is 7.65. The second kappa shape index (κ2) is 3.73. The Kier molecular flexibility index (Phi) is 3.05. The van der Waals surface area contributed by atoms with Crippen LogP contribution in [0.2, 0.25) is 0 Å². The van der Waals surface area contributed by atoms with E-state index in [1.54, 1.807) is 0 Å². The molecule has 0 aromatic heterocycles. The lowest BCUT2D eigenvalue weighted by atomic mass is 10.2. The molecular weight excluding hydrogens is 199 g/mol. The van der Waals surface area contributed by atoms with Crippen molar-refractivity contribution in [2.75, 3.05) is 19.6 Å². The maximum absolute atomic E-state index is 10.8. The highest BCUT2D eigenvalue weighted by molar-refractivity contribution is 7.49. The molecule has 0 saturated carbocycles. The minimum atomic E-state index is -4.29. The number of carbonyl (C=O) groups is 1. The molecule has 0 bridgehead atoms. The van der Waals surface area contributed by atoms with E-state index in [0.717, 1.165) is 4.67 Å². The first kappa shape index (κ1) is 10.6. The number of rotatable bonds is 2. The van der Waals surface area contributed by atoms with E-state index in [0.29, 0.717) is 0 Å². The molecule has 1 saturated heterocycles. The number of nitrogens with zero attached hydrogens (tertiary/aromatic N) is 1. The van der Waals surface area contributed by atoms with Gasteiger partial charge >= 0.3 is 13.7 Å². The Morgan fingerprint density at radius 3 is 2.62 bits per heavy atom. The van der Waals surface area contributed by atoms with Crippen LogP contribution in [0.25, 0.3) is 0 Å². The predicted octanol–water partition coefficient (Wildman–Crippen LogP) is -1.56. The zero-order chi connectivity index (χ0) is 10.1. The van der Waals surface area contributed by atoms with E-state index >= 15 is 0 Å². The summed E-state index contributed by atoms with van der Waals surface area (Å²) in [5.41, 5.74) is 0. The van der Waals surface area contributed by atoms with Crippen LogP contribution in [0.3, 0.4) is 0 Å². The Morgan fingerprint density at radius 1 is 1.54 bits per heavy atom. The van der Waals surface area contributed by atoms with E-state index < -0.39 is 19.8 Å². The number of carboxylic acid groups (broad SMARTS) is 1. The van der Waals surface area contributed by atoms with Gasteiger partial charge in [-0.3, -0.25) is 4.79 Å². The molecule has 0 aromatic carbocycles. The average molecular weight is 210 g/mol. The average Bonchev–Trinajstić information content (AvgIpc) is 2.03. The van der Waals surface area contributed by atoms with Crippen LogP contribution in [-0.4, -0.2) is 51.2 Å². The quantitative estimate of drug-likeness (QED) is 0.408. The molecule has 0 aromatic rings. The fraction of sp³-hybridized carbons (Fsp3) is 0.800. The number of aliphatic carboxylic acids is 1. The third-order valence-electron chi connectivity index (χ3n) is 1.82. The van der Waals surface area contributed by atoms with Crippen molar-refractivity contribution >= 4 is 13.7 Å². The molecule has 8 heteroatoms. The first-order chi connectivity index (χ1) is 5.91. The second-order valence-electron chi connectivity index (χ2n) is 2.77. The van der Waals surface area contributed by atoms with Crippen LogP contribution in [0.4, 0.5) is 0 Å². The van der Waals surface area contributed by atoms with Crippen LogP contribution in [0, 0.1) is 0 Å². The summed E-state index contributed by atoms with van der Waals surface area (Å²) in [6.07, 6.45) is 0. The zero-order valence-electron chi connectivity index (χ0n) is 6.75. The van der Waals surface area contributed by atoms with Gasteiger partial charge in [0, 0.05) is 19.6 Å². The Bertz CT molecular complexity index is 251. The maximum Gasteiger partial charge on any atom is 0.403 e. The molecule has 1 fully saturated rings. The van der Waals surface area contributed by atoms with E-state index in [2.05, 4.69) is 5.32 Å². The molecule has 1 aliphatic heterocycles. The topological polar surface area (TPSA) is 110 Å². The minimum absolute atomic E-state index is 0.161. The van der Waals surface area contributed by atoms with Crippen LogP contribution >= 0.6 is 7.75 Å². The molecule has 0 radical (unpaired) electrons. The Balaban J connectivity index is 2.62. The summed E-state index contributed by atoms with van der Waals surface area (Å²) in [4.78, 5) is 28.0. The van der Waals surface area contributed by atoms with Gasteiger partial charge in [0.25, 0.3) is 0 Å². The summed E-state index contributed by atoms with van der Waals surface area (Å²) in [7, 11) is -4.29. The lowest BCUT2D eigenvalue weighted by molar-refractivity contribution is -0.140. The molecule has 0 amide bonds. The fourth-order valence-electron chi connectivity index (χ4n) is 1.14. The molecule has 1 aliphatic rings. The highest BCUT2D eigenvalue weighted by Crippen LogP contribution is 2.40. The third kappa shape index (κ3) is 2.75. The van der Waals surface area contributed by atoms with Crippen molar-refractivity contribution in [2.45, 2.75) is 6.04 Å². The van der Waals surface area contributed by atoms with Crippen LogP contribution in [-0.2, 0) is 9.36 Å². The first-order valence-corrected chi connectivity index (χ1v) is 5.25. The number of piperazine rings is 1. The Hall–Kier alpha value is -0.460. The summed E-state index contributed by atoms with van der Waals surface area (Å²) in [6.45, 7) is 0.260. The van der Waals surface area contributed by atoms with Crippen LogP contribution in [0.15, 0.2) is 0 Å². The van der Waals surface area contributed by atoms with Gasteiger partial charge in [0.05, 0.1) is 0 Å². The highest BCUT2D eigenvalue weighted by atomic mass is 31.2. The van der Waals surface area contributed by atoms with E-state index in [-0.39, 0.29) is 19.6 Å². The highest BCUT2D eigenvalue weighted by Gasteiger charge is 2.33. The second-order valence-corrected chi connectivity index (χ2v) is 4.36. The van der Waals surface area contributed by atoms with E-state index in [1.807, 2.05) is 0 Å². The summed E-state index contributed by atoms with van der Waals surface area (Å²) >= 11 is 0. The third-order valence-corrected chi connectivity index (χ3v) is 2.92. The summed E-state index contributed by atoms with van der Waals surface area (Å²) in [5.74, 6) is -1.10. The van der Waals surface area contributed by atoms with Crippen molar-refractivity contribution < 1.29 is 24.3 Å². The number of hydrogen-bond donors (Lipinski definition) is 4. The van der Waals surface area contributed by atoms with Gasteiger partial charge in [-0.25, -0.2) is 9.24 Å². The summed E-state index contributed by atoms with van der Waals surface area (Å²) < 4.78 is 11.6. The monoisotopic (exact) mass is 210 g/mol. The smallest absolute Gasteiger partial charge is 0.403 e. The molecule has 1 rings (SSSR count). The number of nitrogens with one attached hydrogen (secondary N) is 1. The van der Waals surface area contributed by atoms with Gasteiger partial charge in [-0.2, -0.15) is 0 Å². The predicted molar refractivity (Wildman–Crippen MR) is 43.0 cm³/mol. The Labute approximate surface area is 74.6 Å². The maximum atomic E-state index is 10.8. The molecule has 7 nitrogen and oxygen atoms in total. The molecule has 0 spiro atoms. The van der Waals surface area contributed by atoms with Crippen molar-refractivity contribution in [3.8, 4) is 0 Å². The van der Waals surface area contributed by atoms with Gasteiger partial charge in [0.15, 0.2) is 0 Å². The molecule has 4 N–H and O–H groups in total. The van der Waals surface area contributed by atoms with Gasteiger partial charge in [0.2, 0.25) is 0 Å². The fourth-order valence-corrected chi connectivity index (χ4v) is 1.87. The molecular formula is C5H11N2O5P. The standard InChI is InChI=1S/C5H11N2O5P/c8-5(9)4-3-7(2-1-6-4)13(10,11)12/h4,6H,1-3H2,(H,8,9)(H2,10,11,12). The molecule has 76 valence electrons. The Morgan fingerprint density at radius 2 is 2.15 bits per heavy atom. The largest absolute Gasteiger partial charge is 0.480 e. The van der Waals surface area contributed by atoms with Gasteiger partial charge in [-0.1, -0.05) is 0 Å². The van der Waals surface area contributed by atoms with Gasteiger partial charge < -0.3 is 20.2 Å². The van der Waals surface area contributed by atoms with Crippen LogP contribution in [0.1, 0.15) is 0 Å². The summed E-state index contributed by atoms with van der Waals surface area (Å²) in [6, 6.07) is -0.902. The van der Waals surface area contributed by atoms with Gasteiger partial charge in [-0.15, -0.1) is 0 Å². The number of carboxylic acids is 1. The van der Waals surface area contributed by atoms with Crippen molar-refractivity contribution in [2.24, 2.45) is 0 Å². The molecule has 1 heterocycles. The van der Waals surface area contributed by atoms with Crippen molar-refractivity contribution in [1.82, 2.24) is 9.99 Å². The number of hydrogen-bond acceptors (Lipinski definition) is 3. The molecule has 13 heavy (non-hydrogen) atoms. The normalized spacial score (nSPS) is 25.8. The van der Waals surface area contributed by atoms with Gasteiger partial charge in [-0.05, 0) is 0 Å². The van der Waals surface area contributed by atoms with Gasteiger partial charge in [0.1, 0.15) is 6.04 Å². The van der Waals surface area contributed by atoms with Crippen molar-refractivity contribution in [1.29, 1.82) is 0 Å². The van der Waals surface area contributed by atoms with Crippen LogP contribution < -0.4 is 5.32 Å². The van der Waals surface area contributed by atoms with E-state index in [9.17, 15) is 9.36 Å². The molecule has 0 aliphatic carbocycles. The van der Waals surface area contributed by atoms with E-state index in [4.69, 9.17) is 14.9 Å². The van der Waals surface area contributed by atoms with Crippen molar-refractivity contribution in [3.63, 3.8) is 0 Å².